The number of anilines is 1. The first-order valence-corrected chi connectivity index (χ1v) is 13.8. The van der Waals surface area contributed by atoms with Crippen LogP contribution in [-0.4, -0.2) is 41.6 Å². The van der Waals surface area contributed by atoms with Crippen LogP contribution in [0.4, 0.5) is 14.6 Å². The maximum absolute atomic E-state index is 14.6. The quantitative estimate of drug-likeness (QED) is 0.295. The number of nitrogens with one attached hydrogen (secondary N) is 1. The molecule has 0 bridgehead atoms. The molecule has 1 aliphatic heterocycles. The number of carboxylic acid groups (broad SMARTS) is 1. The second kappa shape index (κ2) is 12.2. The summed E-state index contributed by atoms with van der Waals surface area (Å²) in [6.07, 6.45) is 3.13. The Kier molecular flexibility index (Phi) is 8.97. The lowest BCUT2D eigenvalue weighted by Crippen LogP contribution is -2.37. The molecule has 0 aliphatic carbocycles. The van der Waals surface area contributed by atoms with Crippen LogP contribution >= 0.6 is 15.9 Å². The number of aromatic nitrogens is 1. The molecule has 2 N–H and O–H groups in total. The van der Waals surface area contributed by atoms with Gasteiger partial charge in [0.05, 0.1) is 11.1 Å². The molecule has 2 atom stereocenters. The maximum Gasteiger partial charge on any atom is 0.303 e. The molecule has 9 heteroatoms. The third-order valence-electron chi connectivity index (χ3n) is 7.40. The highest BCUT2D eigenvalue weighted by Crippen LogP contribution is 2.33. The van der Waals surface area contributed by atoms with E-state index in [4.69, 9.17) is 4.98 Å². The normalized spacial score (nSPS) is 16.4. The van der Waals surface area contributed by atoms with E-state index in [0.717, 1.165) is 60.0 Å². The number of aliphatic carboxylic acids is 1. The van der Waals surface area contributed by atoms with Crippen LogP contribution in [0.25, 0.3) is 10.9 Å². The first-order valence-electron chi connectivity index (χ1n) is 13.0. The summed E-state index contributed by atoms with van der Waals surface area (Å²) in [5.74, 6) is -2.03. The first kappa shape index (κ1) is 28.0. The number of nitrogens with zero attached hydrogens (tertiary/aromatic N) is 2. The summed E-state index contributed by atoms with van der Waals surface area (Å²) in [5, 5.41) is 12.8. The van der Waals surface area contributed by atoms with Crippen molar-refractivity contribution >= 4 is 44.5 Å². The number of piperidine rings is 1. The zero-order chi connectivity index (χ0) is 27.4. The van der Waals surface area contributed by atoms with Crippen molar-refractivity contribution in [1.82, 2.24) is 10.3 Å². The van der Waals surface area contributed by atoms with E-state index in [1.54, 1.807) is 0 Å². The largest absolute Gasteiger partial charge is 0.481 e. The fraction of sp³-hybridized carbons (Fsp3) is 0.414. The van der Waals surface area contributed by atoms with Crippen LogP contribution in [0.1, 0.15) is 66.4 Å². The Balaban J connectivity index is 1.68. The highest BCUT2D eigenvalue weighted by molar-refractivity contribution is 9.10. The zero-order valence-corrected chi connectivity index (χ0v) is 23.2. The average Bonchev–Trinajstić information content (AvgIpc) is 2.89. The van der Waals surface area contributed by atoms with Gasteiger partial charge in [-0.15, -0.1) is 0 Å². The molecular weight excluding hydrogens is 556 g/mol. The van der Waals surface area contributed by atoms with Crippen LogP contribution < -0.4 is 10.2 Å². The monoisotopic (exact) mass is 587 g/mol. The summed E-state index contributed by atoms with van der Waals surface area (Å²) >= 11 is 3.49. The molecule has 2 heterocycles. The van der Waals surface area contributed by atoms with Crippen molar-refractivity contribution in [3.63, 3.8) is 0 Å². The van der Waals surface area contributed by atoms with E-state index < -0.39 is 23.5 Å². The van der Waals surface area contributed by atoms with E-state index in [0.29, 0.717) is 22.4 Å². The molecule has 3 aromatic rings. The molecule has 2 aromatic carbocycles. The lowest BCUT2D eigenvalue weighted by atomic mass is 9.93. The summed E-state index contributed by atoms with van der Waals surface area (Å²) in [7, 11) is 0. The van der Waals surface area contributed by atoms with Gasteiger partial charge in [0.1, 0.15) is 17.5 Å². The highest BCUT2D eigenvalue weighted by Gasteiger charge is 2.26. The van der Waals surface area contributed by atoms with Gasteiger partial charge in [-0.2, -0.15) is 0 Å². The SMILES string of the molecule is CCC1CCCN(c2nc3ccc(Br)cc3c(C(=O)NCC(CCC(=O)O)c3cc(F)ccc3F)c2C)C1. The van der Waals surface area contributed by atoms with Crippen LogP contribution in [0.5, 0.6) is 0 Å². The van der Waals surface area contributed by atoms with Crippen molar-refractivity contribution in [2.24, 2.45) is 5.92 Å². The Hall–Kier alpha value is -3.07. The smallest absolute Gasteiger partial charge is 0.303 e. The van der Waals surface area contributed by atoms with Gasteiger partial charge in [-0.05, 0) is 74.1 Å². The number of hydrogen-bond acceptors (Lipinski definition) is 4. The molecule has 0 saturated carbocycles. The Bertz CT molecular complexity index is 1350. The van der Waals surface area contributed by atoms with Gasteiger partial charge in [0, 0.05) is 47.4 Å². The number of pyridine rings is 1. The molecule has 202 valence electrons. The average molecular weight is 588 g/mol. The minimum atomic E-state index is -1.05. The van der Waals surface area contributed by atoms with Gasteiger partial charge in [0.2, 0.25) is 0 Å². The number of fused-ring (bicyclic) bond motifs is 1. The number of carbonyl (C=O) groups is 2. The molecule has 0 spiro atoms. The molecule has 38 heavy (non-hydrogen) atoms. The highest BCUT2D eigenvalue weighted by atomic mass is 79.9. The zero-order valence-electron chi connectivity index (χ0n) is 21.6. The molecule has 6 nitrogen and oxygen atoms in total. The van der Waals surface area contributed by atoms with Gasteiger partial charge in [0.25, 0.3) is 5.91 Å². The third-order valence-corrected chi connectivity index (χ3v) is 7.89. The summed E-state index contributed by atoms with van der Waals surface area (Å²) in [6.45, 7) is 5.78. The second-order valence-corrected chi connectivity index (χ2v) is 10.9. The lowest BCUT2D eigenvalue weighted by molar-refractivity contribution is -0.137. The number of carboxylic acids is 1. The fourth-order valence-electron chi connectivity index (χ4n) is 5.31. The number of hydrogen-bond donors (Lipinski definition) is 2. The molecule has 1 saturated heterocycles. The maximum atomic E-state index is 14.6. The molecule has 0 radical (unpaired) electrons. The van der Waals surface area contributed by atoms with Crippen molar-refractivity contribution in [3.8, 4) is 0 Å². The molecular formula is C29H32BrF2N3O3. The van der Waals surface area contributed by atoms with Gasteiger partial charge < -0.3 is 15.3 Å². The minimum absolute atomic E-state index is 0.0410. The van der Waals surface area contributed by atoms with Gasteiger partial charge in [-0.1, -0.05) is 29.3 Å². The van der Waals surface area contributed by atoms with E-state index in [1.807, 2.05) is 25.1 Å². The van der Waals surface area contributed by atoms with Crippen LogP contribution in [0.2, 0.25) is 0 Å². The predicted molar refractivity (Wildman–Crippen MR) is 148 cm³/mol. The van der Waals surface area contributed by atoms with Gasteiger partial charge in [0.15, 0.2) is 0 Å². The number of carbonyl (C=O) groups excluding carboxylic acids is 1. The number of benzene rings is 2. The standard InChI is InChI=1S/C29H32BrF2N3O3/c1-3-18-5-4-12-35(16-18)28-17(2)27(23-13-20(30)7-10-25(23)34-28)29(38)33-15-19(6-11-26(36)37)22-14-21(31)8-9-24(22)32/h7-10,13-14,18-19H,3-6,11-12,15-16H2,1-2H3,(H,33,38)(H,36,37). The molecule has 1 amide bonds. The fourth-order valence-corrected chi connectivity index (χ4v) is 5.67. The van der Waals surface area contributed by atoms with Crippen LogP contribution in [0, 0.1) is 24.5 Å². The Labute approximate surface area is 229 Å². The van der Waals surface area contributed by atoms with E-state index in [2.05, 4.69) is 33.1 Å². The van der Waals surface area contributed by atoms with Crippen LogP contribution in [0.15, 0.2) is 40.9 Å². The predicted octanol–water partition coefficient (Wildman–Crippen LogP) is 6.59. The molecule has 4 rings (SSSR count). The van der Waals surface area contributed by atoms with Crippen molar-refractivity contribution in [2.75, 3.05) is 24.5 Å². The van der Waals surface area contributed by atoms with Gasteiger partial charge >= 0.3 is 5.97 Å². The van der Waals surface area contributed by atoms with Crippen molar-refractivity contribution in [2.45, 2.75) is 51.9 Å². The Morgan fingerprint density at radius 1 is 1.24 bits per heavy atom. The van der Waals surface area contributed by atoms with Crippen molar-refractivity contribution < 1.29 is 23.5 Å². The lowest BCUT2D eigenvalue weighted by Gasteiger charge is -2.34. The summed E-state index contributed by atoms with van der Waals surface area (Å²) in [6, 6.07) is 8.71. The van der Waals surface area contributed by atoms with E-state index in [9.17, 15) is 23.5 Å². The summed E-state index contributed by atoms with van der Waals surface area (Å²) in [4.78, 5) is 32.1. The van der Waals surface area contributed by atoms with Gasteiger partial charge in [-0.3, -0.25) is 9.59 Å². The number of amides is 1. The van der Waals surface area contributed by atoms with E-state index in [1.165, 1.54) is 6.42 Å². The number of rotatable bonds is 9. The third kappa shape index (κ3) is 6.31. The second-order valence-electron chi connectivity index (χ2n) is 9.96. The van der Waals surface area contributed by atoms with Crippen molar-refractivity contribution in [1.29, 1.82) is 0 Å². The molecule has 1 aliphatic rings. The summed E-state index contributed by atoms with van der Waals surface area (Å²) < 4.78 is 29.3. The minimum Gasteiger partial charge on any atom is -0.481 e. The molecule has 1 fully saturated rings. The van der Waals surface area contributed by atoms with Gasteiger partial charge in [-0.25, -0.2) is 13.8 Å². The number of halogens is 3. The van der Waals surface area contributed by atoms with E-state index >= 15 is 0 Å². The Morgan fingerprint density at radius 3 is 2.76 bits per heavy atom. The van der Waals surface area contributed by atoms with E-state index in [-0.39, 0.29) is 30.9 Å². The first-order chi connectivity index (χ1) is 18.2. The Morgan fingerprint density at radius 2 is 2.03 bits per heavy atom. The van der Waals surface area contributed by atoms with Crippen LogP contribution in [0.3, 0.4) is 0 Å². The molecule has 1 aromatic heterocycles. The van der Waals surface area contributed by atoms with Crippen molar-refractivity contribution in [3.05, 3.63) is 69.2 Å². The molecule has 2 unspecified atom stereocenters. The van der Waals surface area contributed by atoms with Crippen LogP contribution in [-0.2, 0) is 4.79 Å². The summed E-state index contributed by atoms with van der Waals surface area (Å²) in [5.41, 5.74) is 1.96. The topological polar surface area (TPSA) is 82.5 Å².